The summed E-state index contributed by atoms with van der Waals surface area (Å²) in [6.07, 6.45) is 6.71. The lowest BCUT2D eigenvalue weighted by atomic mass is 10.1. The summed E-state index contributed by atoms with van der Waals surface area (Å²) >= 11 is 0. The topological polar surface area (TPSA) is 55.8 Å². The highest BCUT2D eigenvalue weighted by atomic mass is 31.2. The molecule has 0 aliphatic rings. The normalized spacial score (nSPS) is 12.1. The molecule has 0 fully saturated rings. The summed E-state index contributed by atoms with van der Waals surface area (Å²) in [6, 6.07) is 0. The Balaban J connectivity index is 0. The van der Waals surface area contributed by atoms with E-state index in [1.54, 1.807) is 13.8 Å². The molecule has 0 heterocycles. The zero-order chi connectivity index (χ0) is 15.3. The Morgan fingerprint density at radius 1 is 1.32 bits per heavy atom. The van der Waals surface area contributed by atoms with Crippen LogP contribution >= 0.6 is 7.82 Å². The van der Waals surface area contributed by atoms with Crippen molar-refractivity contribution in [1.82, 2.24) is 0 Å². The molecule has 0 saturated carbocycles. The molecule has 0 aliphatic carbocycles. The Hall–Kier alpha value is -0.410. The van der Waals surface area contributed by atoms with Crippen molar-refractivity contribution in [2.75, 3.05) is 13.2 Å². The maximum Gasteiger partial charge on any atom is 0.472 e. The number of rotatable bonds is 8. The van der Waals surface area contributed by atoms with E-state index in [4.69, 9.17) is 4.89 Å². The predicted molar refractivity (Wildman–Crippen MR) is 81.1 cm³/mol. The van der Waals surface area contributed by atoms with Crippen LogP contribution in [0.3, 0.4) is 0 Å². The van der Waals surface area contributed by atoms with Gasteiger partial charge in [-0.15, -0.1) is 6.58 Å². The van der Waals surface area contributed by atoms with Crippen LogP contribution in [0.25, 0.3) is 0 Å². The Kier molecular flexibility index (Phi) is 13.9. The van der Waals surface area contributed by atoms with Gasteiger partial charge in [0.2, 0.25) is 0 Å². The fraction of sp³-hybridized carbons (Fsp3) is 0.714. The van der Waals surface area contributed by atoms with Gasteiger partial charge >= 0.3 is 7.82 Å². The van der Waals surface area contributed by atoms with E-state index in [1.165, 1.54) is 18.4 Å². The molecule has 0 radical (unpaired) electrons. The van der Waals surface area contributed by atoms with Gasteiger partial charge in [0.05, 0.1) is 13.2 Å². The van der Waals surface area contributed by atoms with Crippen molar-refractivity contribution in [2.24, 2.45) is 5.92 Å². The number of phosphoric ester groups is 1. The lowest BCUT2D eigenvalue weighted by Crippen LogP contribution is -1.93. The largest absolute Gasteiger partial charge is 0.472 e. The standard InChI is InChI=1S/C10H18.C4H11O4P/c1-5-10(4)8-6-7-9(2)3;1-3-7-9(5,6)8-4-2/h5,7,10H,1,6,8H2,2-4H3;3-4H2,1-2H3,(H,5,6). The molecule has 0 rings (SSSR count). The lowest BCUT2D eigenvalue weighted by Gasteiger charge is -2.07. The van der Waals surface area contributed by atoms with E-state index in [2.05, 4.69) is 42.5 Å². The Bertz CT molecular complexity index is 286. The first kappa shape index (κ1) is 20.9. The van der Waals surface area contributed by atoms with Crippen LogP contribution in [0.2, 0.25) is 0 Å². The molecule has 1 N–H and O–H groups in total. The molecule has 4 nitrogen and oxygen atoms in total. The van der Waals surface area contributed by atoms with Crippen molar-refractivity contribution < 1.29 is 18.5 Å². The lowest BCUT2D eigenvalue weighted by molar-refractivity contribution is 0.161. The van der Waals surface area contributed by atoms with Crippen LogP contribution in [0.15, 0.2) is 24.3 Å². The molecular formula is C14H29O4P. The van der Waals surface area contributed by atoms with E-state index in [9.17, 15) is 4.57 Å². The van der Waals surface area contributed by atoms with Gasteiger partial charge in [-0.1, -0.05) is 24.6 Å². The van der Waals surface area contributed by atoms with Crippen LogP contribution in [0.5, 0.6) is 0 Å². The second-order valence-corrected chi connectivity index (χ2v) is 5.83. The van der Waals surface area contributed by atoms with Crippen molar-refractivity contribution in [2.45, 2.75) is 47.5 Å². The fourth-order valence-electron chi connectivity index (χ4n) is 1.12. The molecule has 0 aromatic heterocycles. The molecule has 0 bridgehead atoms. The monoisotopic (exact) mass is 292 g/mol. The van der Waals surface area contributed by atoms with Crippen LogP contribution in [0.1, 0.15) is 47.5 Å². The average molecular weight is 292 g/mol. The second-order valence-electron chi connectivity index (χ2n) is 4.38. The van der Waals surface area contributed by atoms with Crippen LogP contribution in [-0.4, -0.2) is 18.1 Å². The SMILES string of the molecule is C=CC(C)CCC=C(C)C.CCOP(=O)(O)OCC. The molecule has 0 aromatic rings. The second kappa shape index (κ2) is 12.6. The van der Waals surface area contributed by atoms with Crippen molar-refractivity contribution in [3.05, 3.63) is 24.3 Å². The van der Waals surface area contributed by atoms with Gasteiger partial charge in [0.15, 0.2) is 0 Å². The minimum Gasteiger partial charge on any atom is -0.302 e. The zero-order valence-electron chi connectivity index (χ0n) is 12.9. The van der Waals surface area contributed by atoms with Crippen LogP contribution in [0, 0.1) is 5.92 Å². The Morgan fingerprint density at radius 3 is 2.11 bits per heavy atom. The molecule has 114 valence electrons. The molecule has 1 atom stereocenters. The molecule has 0 saturated heterocycles. The summed E-state index contributed by atoms with van der Waals surface area (Å²) in [7, 11) is -3.69. The summed E-state index contributed by atoms with van der Waals surface area (Å²) in [6.45, 7) is 13.8. The van der Waals surface area contributed by atoms with Crippen molar-refractivity contribution in [1.29, 1.82) is 0 Å². The molecule has 19 heavy (non-hydrogen) atoms. The zero-order valence-corrected chi connectivity index (χ0v) is 13.8. The number of phosphoric acid groups is 1. The van der Waals surface area contributed by atoms with Gasteiger partial charge in [-0.05, 0) is 46.5 Å². The summed E-state index contributed by atoms with van der Waals surface area (Å²) in [5, 5.41) is 0. The van der Waals surface area contributed by atoms with E-state index >= 15 is 0 Å². The number of hydrogen-bond acceptors (Lipinski definition) is 3. The smallest absolute Gasteiger partial charge is 0.302 e. The van der Waals surface area contributed by atoms with E-state index in [0.29, 0.717) is 5.92 Å². The first-order chi connectivity index (χ1) is 8.79. The fourth-order valence-corrected chi connectivity index (χ4v) is 1.84. The molecular weight excluding hydrogens is 263 g/mol. The summed E-state index contributed by atoms with van der Waals surface area (Å²) < 4.78 is 19.2. The van der Waals surface area contributed by atoms with E-state index in [1.807, 2.05) is 6.08 Å². The van der Waals surface area contributed by atoms with Gasteiger partial charge in [-0.25, -0.2) is 4.57 Å². The molecule has 0 spiro atoms. The van der Waals surface area contributed by atoms with Gasteiger partial charge in [0.25, 0.3) is 0 Å². The van der Waals surface area contributed by atoms with E-state index in [-0.39, 0.29) is 13.2 Å². The predicted octanol–water partition coefficient (Wildman–Crippen LogP) is 4.71. The molecule has 1 unspecified atom stereocenters. The molecule has 5 heteroatoms. The molecule has 0 amide bonds. The first-order valence-corrected chi connectivity index (χ1v) is 8.16. The molecule has 0 aromatic carbocycles. The van der Waals surface area contributed by atoms with Gasteiger partial charge in [0.1, 0.15) is 0 Å². The summed E-state index contributed by atoms with van der Waals surface area (Å²) in [5.41, 5.74) is 1.41. The first-order valence-electron chi connectivity index (χ1n) is 6.66. The molecule has 0 aliphatic heterocycles. The van der Waals surface area contributed by atoms with Crippen molar-refractivity contribution >= 4 is 7.82 Å². The Labute approximate surface area is 118 Å². The maximum absolute atomic E-state index is 10.5. The van der Waals surface area contributed by atoms with E-state index < -0.39 is 7.82 Å². The highest BCUT2D eigenvalue weighted by molar-refractivity contribution is 7.47. The quantitative estimate of drug-likeness (QED) is 0.519. The van der Waals surface area contributed by atoms with Gasteiger partial charge < -0.3 is 4.89 Å². The number of hydrogen-bond donors (Lipinski definition) is 1. The van der Waals surface area contributed by atoms with E-state index in [0.717, 1.165) is 0 Å². The number of allylic oxidation sites excluding steroid dienone is 3. The third-order valence-electron chi connectivity index (χ3n) is 2.16. The summed E-state index contributed by atoms with van der Waals surface area (Å²) in [5.74, 6) is 0.663. The maximum atomic E-state index is 10.5. The van der Waals surface area contributed by atoms with Crippen LogP contribution < -0.4 is 0 Å². The summed E-state index contributed by atoms with van der Waals surface area (Å²) in [4.78, 5) is 8.63. The highest BCUT2D eigenvalue weighted by Gasteiger charge is 2.17. The van der Waals surface area contributed by atoms with Crippen molar-refractivity contribution in [3.8, 4) is 0 Å². The van der Waals surface area contributed by atoms with Gasteiger partial charge in [-0.2, -0.15) is 0 Å². The Morgan fingerprint density at radius 2 is 1.79 bits per heavy atom. The van der Waals surface area contributed by atoms with Crippen molar-refractivity contribution in [3.63, 3.8) is 0 Å². The highest BCUT2D eigenvalue weighted by Crippen LogP contribution is 2.42. The van der Waals surface area contributed by atoms with Gasteiger partial charge in [-0.3, -0.25) is 9.05 Å². The van der Waals surface area contributed by atoms with Crippen LogP contribution in [0.4, 0.5) is 0 Å². The van der Waals surface area contributed by atoms with Crippen LogP contribution in [-0.2, 0) is 13.6 Å². The minimum atomic E-state index is -3.69. The third-order valence-corrected chi connectivity index (χ3v) is 3.33. The van der Waals surface area contributed by atoms with Gasteiger partial charge in [0, 0.05) is 0 Å². The third kappa shape index (κ3) is 17.6. The minimum absolute atomic E-state index is 0.188. The average Bonchev–Trinajstić information content (AvgIpc) is 2.28.